The molecule has 1 aliphatic heterocycles. The summed E-state index contributed by atoms with van der Waals surface area (Å²) in [5.41, 5.74) is 2.03. The Hall–Kier alpha value is -1.68. The Morgan fingerprint density at radius 3 is 3.11 bits per heavy atom. The zero-order valence-electron chi connectivity index (χ0n) is 10.4. The molecule has 18 heavy (non-hydrogen) atoms. The van der Waals surface area contributed by atoms with Crippen LogP contribution in [-0.4, -0.2) is 23.9 Å². The number of nitrogens with one attached hydrogen (secondary N) is 1. The number of carbonyl (C=O) groups excluding carboxylic acids is 1. The van der Waals surface area contributed by atoms with E-state index in [0.29, 0.717) is 17.1 Å². The summed E-state index contributed by atoms with van der Waals surface area (Å²) in [5.74, 6) is 1.10. The number of fused-ring (bicyclic) bond motifs is 1. The first-order valence-electron chi connectivity index (χ1n) is 6.37. The lowest BCUT2D eigenvalue weighted by molar-refractivity contribution is 0.101. The standard InChI is InChI=1S/C14H16N2O2/c1-9(17)11-5-2-6-12-13(11)18-14(16-12)10-4-3-7-15-8-10/h2,5-6,10,15H,3-4,7-8H2,1H3. The van der Waals surface area contributed by atoms with E-state index in [9.17, 15) is 4.79 Å². The van der Waals surface area contributed by atoms with Crippen LogP contribution in [0.2, 0.25) is 0 Å². The Balaban J connectivity index is 2.04. The molecule has 0 saturated carbocycles. The highest BCUT2D eigenvalue weighted by Gasteiger charge is 2.21. The molecule has 3 rings (SSSR count). The van der Waals surface area contributed by atoms with Gasteiger partial charge in [0.25, 0.3) is 0 Å². The van der Waals surface area contributed by atoms with Gasteiger partial charge in [0, 0.05) is 12.5 Å². The first-order valence-corrected chi connectivity index (χ1v) is 6.37. The maximum absolute atomic E-state index is 11.5. The molecule has 1 saturated heterocycles. The topological polar surface area (TPSA) is 55.1 Å². The highest BCUT2D eigenvalue weighted by Crippen LogP contribution is 2.28. The summed E-state index contributed by atoms with van der Waals surface area (Å²) in [7, 11) is 0. The van der Waals surface area contributed by atoms with Gasteiger partial charge in [-0.25, -0.2) is 4.98 Å². The second-order valence-corrected chi connectivity index (χ2v) is 4.81. The van der Waals surface area contributed by atoms with Crippen molar-refractivity contribution in [1.82, 2.24) is 10.3 Å². The van der Waals surface area contributed by atoms with Gasteiger partial charge in [-0.1, -0.05) is 6.07 Å². The largest absolute Gasteiger partial charge is 0.440 e. The SMILES string of the molecule is CC(=O)c1cccc2nc(C3CCCNC3)oc12. The Kier molecular flexibility index (Phi) is 2.88. The smallest absolute Gasteiger partial charge is 0.199 e. The van der Waals surface area contributed by atoms with Gasteiger partial charge in [-0.3, -0.25) is 4.79 Å². The van der Waals surface area contributed by atoms with Gasteiger partial charge in [0.15, 0.2) is 17.3 Å². The molecular weight excluding hydrogens is 228 g/mol. The van der Waals surface area contributed by atoms with Gasteiger partial charge >= 0.3 is 0 Å². The Bertz CT molecular complexity index is 582. The number of oxazole rings is 1. The van der Waals surface area contributed by atoms with E-state index in [4.69, 9.17) is 4.42 Å². The van der Waals surface area contributed by atoms with E-state index in [1.807, 2.05) is 12.1 Å². The predicted octanol–water partition coefficient (Wildman–Crippen LogP) is 2.50. The number of benzene rings is 1. The minimum atomic E-state index is 0.0186. The molecule has 0 amide bonds. The number of Topliss-reactive ketones (excluding diaryl/α,β-unsaturated/α-hetero) is 1. The van der Waals surface area contributed by atoms with E-state index in [1.54, 1.807) is 13.0 Å². The minimum absolute atomic E-state index is 0.0186. The maximum atomic E-state index is 11.5. The Morgan fingerprint density at radius 1 is 1.50 bits per heavy atom. The lowest BCUT2D eigenvalue weighted by atomic mass is 10.00. The van der Waals surface area contributed by atoms with E-state index < -0.39 is 0 Å². The zero-order valence-corrected chi connectivity index (χ0v) is 10.4. The Labute approximate surface area is 105 Å². The molecule has 94 valence electrons. The van der Waals surface area contributed by atoms with Crippen molar-refractivity contribution in [2.75, 3.05) is 13.1 Å². The summed E-state index contributed by atoms with van der Waals surface area (Å²) in [4.78, 5) is 16.1. The van der Waals surface area contributed by atoms with E-state index in [1.165, 1.54) is 0 Å². The van der Waals surface area contributed by atoms with Crippen molar-refractivity contribution < 1.29 is 9.21 Å². The lowest BCUT2D eigenvalue weighted by Crippen LogP contribution is -2.28. The third kappa shape index (κ3) is 1.93. The summed E-state index contributed by atoms with van der Waals surface area (Å²) in [6.07, 6.45) is 2.23. The van der Waals surface area contributed by atoms with Gasteiger partial charge in [-0.05, 0) is 38.4 Å². The van der Waals surface area contributed by atoms with Crippen LogP contribution in [0.1, 0.15) is 41.9 Å². The van der Waals surface area contributed by atoms with E-state index in [2.05, 4.69) is 10.3 Å². The molecule has 1 aromatic carbocycles. The molecule has 0 bridgehead atoms. The quantitative estimate of drug-likeness (QED) is 0.825. The number of para-hydroxylation sites is 1. The van der Waals surface area contributed by atoms with E-state index >= 15 is 0 Å². The summed E-state index contributed by atoms with van der Waals surface area (Å²) >= 11 is 0. The fourth-order valence-corrected chi connectivity index (χ4v) is 2.48. The molecule has 4 nitrogen and oxygen atoms in total. The van der Waals surface area contributed by atoms with E-state index in [0.717, 1.165) is 37.3 Å². The van der Waals surface area contributed by atoms with Crippen molar-refractivity contribution in [3.8, 4) is 0 Å². The molecule has 0 radical (unpaired) electrons. The van der Waals surface area contributed by atoms with Gasteiger partial charge in [-0.15, -0.1) is 0 Å². The third-order valence-corrected chi connectivity index (χ3v) is 3.46. The van der Waals surface area contributed by atoms with Crippen LogP contribution in [0.3, 0.4) is 0 Å². The normalized spacial score (nSPS) is 20.2. The zero-order chi connectivity index (χ0) is 12.5. The average Bonchev–Trinajstić information content (AvgIpc) is 2.83. The van der Waals surface area contributed by atoms with Crippen molar-refractivity contribution in [2.24, 2.45) is 0 Å². The van der Waals surface area contributed by atoms with Crippen LogP contribution in [0.15, 0.2) is 22.6 Å². The fourth-order valence-electron chi connectivity index (χ4n) is 2.48. The molecule has 2 aromatic rings. The minimum Gasteiger partial charge on any atom is -0.440 e. The van der Waals surface area contributed by atoms with Crippen molar-refractivity contribution in [2.45, 2.75) is 25.7 Å². The molecule has 4 heteroatoms. The number of ketones is 1. The fraction of sp³-hybridized carbons (Fsp3) is 0.429. The van der Waals surface area contributed by atoms with Crippen molar-refractivity contribution in [3.05, 3.63) is 29.7 Å². The first-order chi connectivity index (χ1) is 8.75. The van der Waals surface area contributed by atoms with Crippen LogP contribution in [0.5, 0.6) is 0 Å². The van der Waals surface area contributed by atoms with Crippen LogP contribution in [0.4, 0.5) is 0 Å². The number of hydrogen-bond acceptors (Lipinski definition) is 4. The molecular formula is C14H16N2O2. The maximum Gasteiger partial charge on any atom is 0.199 e. The predicted molar refractivity (Wildman–Crippen MR) is 68.9 cm³/mol. The van der Waals surface area contributed by atoms with Gasteiger partial charge < -0.3 is 9.73 Å². The van der Waals surface area contributed by atoms with Gasteiger partial charge in [0.05, 0.1) is 5.56 Å². The number of hydrogen-bond donors (Lipinski definition) is 1. The molecule has 1 aliphatic rings. The average molecular weight is 244 g/mol. The number of carbonyl (C=O) groups is 1. The summed E-state index contributed by atoms with van der Waals surface area (Å²) < 4.78 is 5.83. The number of aromatic nitrogens is 1. The van der Waals surface area contributed by atoms with Crippen molar-refractivity contribution >= 4 is 16.9 Å². The first kappa shape index (κ1) is 11.4. The summed E-state index contributed by atoms with van der Waals surface area (Å²) in [6, 6.07) is 5.54. The lowest BCUT2D eigenvalue weighted by Gasteiger charge is -2.19. The monoisotopic (exact) mass is 244 g/mol. The van der Waals surface area contributed by atoms with Crippen LogP contribution in [-0.2, 0) is 0 Å². The molecule has 1 N–H and O–H groups in total. The Morgan fingerprint density at radius 2 is 2.39 bits per heavy atom. The molecule has 1 fully saturated rings. The second kappa shape index (κ2) is 4.53. The van der Waals surface area contributed by atoms with Gasteiger partial charge in [0.2, 0.25) is 0 Å². The molecule has 0 aliphatic carbocycles. The van der Waals surface area contributed by atoms with Gasteiger partial charge in [0.1, 0.15) is 5.52 Å². The van der Waals surface area contributed by atoms with Crippen LogP contribution in [0, 0.1) is 0 Å². The van der Waals surface area contributed by atoms with Gasteiger partial charge in [-0.2, -0.15) is 0 Å². The number of piperidine rings is 1. The van der Waals surface area contributed by atoms with E-state index in [-0.39, 0.29) is 5.78 Å². The molecule has 1 aromatic heterocycles. The van der Waals surface area contributed by atoms with Crippen LogP contribution in [0.25, 0.3) is 11.1 Å². The van der Waals surface area contributed by atoms with Crippen LogP contribution < -0.4 is 5.32 Å². The third-order valence-electron chi connectivity index (χ3n) is 3.46. The number of rotatable bonds is 2. The molecule has 1 atom stereocenters. The molecule has 0 spiro atoms. The molecule has 1 unspecified atom stereocenters. The second-order valence-electron chi connectivity index (χ2n) is 4.81. The van der Waals surface area contributed by atoms with Crippen molar-refractivity contribution in [1.29, 1.82) is 0 Å². The van der Waals surface area contributed by atoms with Crippen molar-refractivity contribution in [3.63, 3.8) is 0 Å². The molecule has 2 heterocycles. The summed E-state index contributed by atoms with van der Waals surface area (Å²) in [6.45, 7) is 3.52. The summed E-state index contributed by atoms with van der Waals surface area (Å²) in [5, 5.41) is 3.35. The highest BCUT2D eigenvalue weighted by atomic mass is 16.3. The van der Waals surface area contributed by atoms with Crippen LogP contribution >= 0.6 is 0 Å². The highest BCUT2D eigenvalue weighted by molar-refractivity contribution is 6.04. The number of nitrogens with zero attached hydrogens (tertiary/aromatic N) is 1.